The first-order valence-corrected chi connectivity index (χ1v) is 8.57. The first-order valence-electron chi connectivity index (χ1n) is 8.57. The number of oxazole rings is 1. The SMILES string of the molecule is Cc1cccc(C)c1NC(=O)CN(C)Cc1ncc(-c2ccccc2)o1. The van der Waals surface area contributed by atoms with Crippen LogP contribution >= 0.6 is 0 Å². The van der Waals surface area contributed by atoms with Gasteiger partial charge in [-0.3, -0.25) is 9.69 Å². The lowest BCUT2D eigenvalue weighted by molar-refractivity contribution is -0.117. The van der Waals surface area contributed by atoms with Gasteiger partial charge in [0.1, 0.15) is 0 Å². The van der Waals surface area contributed by atoms with Gasteiger partial charge in [0.25, 0.3) is 0 Å². The second kappa shape index (κ2) is 7.97. The monoisotopic (exact) mass is 349 g/mol. The summed E-state index contributed by atoms with van der Waals surface area (Å²) in [4.78, 5) is 18.5. The van der Waals surface area contributed by atoms with Crippen LogP contribution in [0.15, 0.2) is 59.1 Å². The smallest absolute Gasteiger partial charge is 0.238 e. The standard InChI is InChI=1S/C21H23N3O2/c1-15-8-7-9-16(2)21(15)23-19(25)13-24(3)14-20-22-12-18(26-20)17-10-5-4-6-11-17/h4-12H,13-14H2,1-3H3,(H,23,25). The second-order valence-electron chi connectivity index (χ2n) is 6.47. The zero-order valence-corrected chi connectivity index (χ0v) is 15.3. The third-order valence-corrected chi connectivity index (χ3v) is 4.18. The van der Waals surface area contributed by atoms with Gasteiger partial charge in [-0.2, -0.15) is 0 Å². The summed E-state index contributed by atoms with van der Waals surface area (Å²) in [7, 11) is 1.87. The number of amides is 1. The summed E-state index contributed by atoms with van der Waals surface area (Å²) < 4.78 is 5.79. The highest BCUT2D eigenvalue weighted by molar-refractivity contribution is 5.93. The van der Waals surface area contributed by atoms with Crippen molar-refractivity contribution >= 4 is 11.6 Å². The molecule has 0 spiro atoms. The molecule has 5 nitrogen and oxygen atoms in total. The lowest BCUT2D eigenvalue weighted by Crippen LogP contribution is -2.30. The first kappa shape index (κ1) is 17.9. The first-order chi connectivity index (χ1) is 12.5. The van der Waals surface area contributed by atoms with Crippen LogP contribution in [-0.4, -0.2) is 29.4 Å². The molecule has 0 atom stereocenters. The highest BCUT2D eigenvalue weighted by atomic mass is 16.4. The molecule has 0 aliphatic carbocycles. The van der Waals surface area contributed by atoms with E-state index in [0.29, 0.717) is 12.4 Å². The van der Waals surface area contributed by atoms with Crippen LogP contribution in [0.3, 0.4) is 0 Å². The van der Waals surface area contributed by atoms with Gasteiger partial charge in [-0.1, -0.05) is 48.5 Å². The van der Waals surface area contributed by atoms with Gasteiger partial charge < -0.3 is 9.73 Å². The Hall–Kier alpha value is -2.92. The highest BCUT2D eigenvalue weighted by Gasteiger charge is 2.13. The Balaban J connectivity index is 1.58. The highest BCUT2D eigenvalue weighted by Crippen LogP contribution is 2.21. The normalized spacial score (nSPS) is 10.9. The molecule has 0 bridgehead atoms. The maximum absolute atomic E-state index is 12.3. The van der Waals surface area contributed by atoms with Gasteiger partial charge in [-0.25, -0.2) is 4.98 Å². The number of hydrogen-bond donors (Lipinski definition) is 1. The maximum Gasteiger partial charge on any atom is 0.238 e. The molecule has 134 valence electrons. The third-order valence-electron chi connectivity index (χ3n) is 4.18. The van der Waals surface area contributed by atoms with Crippen LogP contribution in [0.5, 0.6) is 0 Å². The summed E-state index contributed by atoms with van der Waals surface area (Å²) in [6.07, 6.45) is 1.72. The Bertz CT molecular complexity index is 867. The van der Waals surface area contributed by atoms with Crippen LogP contribution in [0, 0.1) is 13.8 Å². The number of nitrogens with zero attached hydrogens (tertiary/aromatic N) is 2. The molecule has 1 heterocycles. The van der Waals surface area contributed by atoms with Crippen LogP contribution in [0.25, 0.3) is 11.3 Å². The van der Waals surface area contributed by atoms with Gasteiger partial charge in [-0.05, 0) is 32.0 Å². The average molecular weight is 349 g/mol. The zero-order valence-electron chi connectivity index (χ0n) is 15.3. The maximum atomic E-state index is 12.3. The van der Waals surface area contributed by atoms with Gasteiger partial charge >= 0.3 is 0 Å². The number of carbonyl (C=O) groups is 1. The van der Waals surface area contributed by atoms with Gasteiger partial charge in [-0.15, -0.1) is 0 Å². The molecule has 3 rings (SSSR count). The van der Waals surface area contributed by atoms with Crippen molar-refractivity contribution in [3.05, 3.63) is 71.7 Å². The van der Waals surface area contributed by atoms with Crippen LogP contribution in [-0.2, 0) is 11.3 Å². The molecule has 3 aromatic rings. The fraction of sp³-hybridized carbons (Fsp3) is 0.238. The third kappa shape index (κ3) is 4.37. The second-order valence-corrected chi connectivity index (χ2v) is 6.47. The van der Waals surface area contributed by atoms with Gasteiger partial charge in [0.2, 0.25) is 11.8 Å². The van der Waals surface area contributed by atoms with Crippen molar-refractivity contribution < 1.29 is 9.21 Å². The zero-order chi connectivity index (χ0) is 18.5. The lowest BCUT2D eigenvalue weighted by Gasteiger charge is -2.16. The number of hydrogen-bond acceptors (Lipinski definition) is 4. The topological polar surface area (TPSA) is 58.4 Å². The van der Waals surface area contributed by atoms with Gasteiger partial charge in [0.05, 0.1) is 19.3 Å². The average Bonchev–Trinajstić information content (AvgIpc) is 3.07. The van der Waals surface area contributed by atoms with Gasteiger partial charge in [0, 0.05) is 11.3 Å². The summed E-state index contributed by atoms with van der Waals surface area (Å²) in [5.74, 6) is 1.26. The molecule has 26 heavy (non-hydrogen) atoms. The summed E-state index contributed by atoms with van der Waals surface area (Å²) >= 11 is 0. The molecular weight excluding hydrogens is 326 g/mol. The predicted molar refractivity (Wildman–Crippen MR) is 103 cm³/mol. The number of carbonyl (C=O) groups excluding carboxylic acids is 1. The van der Waals surface area contributed by atoms with Crippen molar-refractivity contribution in [2.45, 2.75) is 20.4 Å². The molecule has 0 unspecified atom stereocenters. The van der Waals surface area contributed by atoms with E-state index in [1.807, 2.05) is 74.3 Å². The summed E-state index contributed by atoms with van der Waals surface area (Å²) in [5.41, 5.74) is 3.98. The van der Waals surface area contributed by atoms with Crippen LogP contribution in [0.2, 0.25) is 0 Å². The molecule has 2 aromatic carbocycles. The van der Waals surface area contributed by atoms with Crippen molar-refractivity contribution in [3.8, 4) is 11.3 Å². The van der Waals surface area contributed by atoms with Crippen molar-refractivity contribution in [1.29, 1.82) is 0 Å². The van der Waals surface area contributed by atoms with E-state index in [-0.39, 0.29) is 12.5 Å². The number of aromatic nitrogens is 1. The Morgan fingerprint density at radius 1 is 1.08 bits per heavy atom. The number of aryl methyl sites for hydroxylation is 2. The summed E-state index contributed by atoms with van der Waals surface area (Å²) in [5, 5.41) is 2.99. The largest absolute Gasteiger partial charge is 0.439 e. The van der Waals surface area contributed by atoms with E-state index in [0.717, 1.165) is 28.1 Å². The minimum Gasteiger partial charge on any atom is -0.439 e. The Morgan fingerprint density at radius 3 is 2.46 bits per heavy atom. The number of para-hydroxylation sites is 1. The fourth-order valence-corrected chi connectivity index (χ4v) is 2.84. The van der Waals surface area contributed by atoms with Crippen LogP contribution in [0.4, 0.5) is 5.69 Å². The van der Waals surface area contributed by atoms with Crippen molar-refractivity contribution in [1.82, 2.24) is 9.88 Å². The molecule has 0 saturated carbocycles. The molecule has 1 aromatic heterocycles. The molecule has 0 radical (unpaired) electrons. The predicted octanol–water partition coefficient (Wildman–Crippen LogP) is 4.03. The molecule has 1 N–H and O–H groups in total. The van der Waals surface area contributed by atoms with Crippen LogP contribution < -0.4 is 5.32 Å². The molecule has 0 aliphatic heterocycles. The Kier molecular flexibility index (Phi) is 5.49. The van der Waals surface area contributed by atoms with E-state index in [1.165, 1.54) is 0 Å². The lowest BCUT2D eigenvalue weighted by atomic mass is 10.1. The van der Waals surface area contributed by atoms with Crippen molar-refractivity contribution in [2.24, 2.45) is 0 Å². The number of anilines is 1. The summed E-state index contributed by atoms with van der Waals surface area (Å²) in [6, 6.07) is 15.8. The van der Waals surface area contributed by atoms with Crippen LogP contribution in [0.1, 0.15) is 17.0 Å². The molecule has 0 fully saturated rings. The molecule has 5 heteroatoms. The van der Waals surface area contributed by atoms with Crippen molar-refractivity contribution in [2.75, 3.05) is 18.9 Å². The quantitative estimate of drug-likeness (QED) is 0.730. The van der Waals surface area contributed by atoms with Crippen molar-refractivity contribution in [3.63, 3.8) is 0 Å². The minimum atomic E-state index is -0.0558. The molecular formula is C21H23N3O2. The van der Waals surface area contributed by atoms with E-state index >= 15 is 0 Å². The molecule has 1 amide bonds. The minimum absolute atomic E-state index is 0.0558. The van der Waals surface area contributed by atoms with E-state index in [2.05, 4.69) is 10.3 Å². The number of benzene rings is 2. The number of likely N-dealkylation sites (N-methyl/N-ethyl adjacent to an activating group) is 1. The molecule has 0 saturated heterocycles. The van der Waals surface area contributed by atoms with E-state index in [9.17, 15) is 4.79 Å². The number of rotatable bonds is 6. The fourth-order valence-electron chi connectivity index (χ4n) is 2.84. The van der Waals surface area contributed by atoms with E-state index in [4.69, 9.17) is 4.42 Å². The Labute approximate surface area is 153 Å². The van der Waals surface area contributed by atoms with E-state index < -0.39 is 0 Å². The summed E-state index contributed by atoms with van der Waals surface area (Å²) in [6.45, 7) is 4.71. The Morgan fingerprint density at radius 2 is 1.77 bits per heavy atom. The van der Waals surface area contributed by atoms with E-state index in [1.54, 1.807) is 6.20 Å². The molecule has 0 aliphatic rings. The number of nitrogens with one attached hydrogen (secondary N) is 1. The van der Waals surface area contributed by atoms with Gasteiger partial charge in [0.15, 0.2) is 5.76 Å².